The van der Waals surface area contributed by atoms with E-state index in [1.54, 1.807) is 12.3 Å². The van der Waals surface area contributed by atoms with Crippen molar-refractivity contribution in [3.8, 4) is 0 Å². The van der Waals surface area contributed by atoms with Crippen LogP contribution in [0.25, 0.3) is 0 Å². The summed E-state index contributed by atoms with van der Waals surface area (Å²) in [4.78, 5) is 15.9. The normalized spacial score (nSPS) is 15.0. The van der Waals surface area contributed by atoms with Gasteiger partial charge in [-0.1, -0.05) is 30.3 Å². The lowest BCUT2D eigenvalue weighted by Crippen LogP contribution is -2.30. The molecular weight excluding hydrogens is 276 g/mol. The van der Waals surface area contributed by atoms with Gasteiger partial charge in [0.15, 0.2) is 0 Å². The van der Waals surface area contributed by atoms with Crippen LogP contribution >= 0.6 is 0 Å². The number of nitrogens with one attached hydrogen (secondary N) is 3. The third-order valence-electron chi connectivity index (χ3n) is 3.60. The summed E-state index contributed by atoms with van der Waals surface area (Å²) in [6, 6.07) is 14.3. The van der Waals surface area contributed by atoms with Crippen LogP contribution in [0.15, 0.2) is 48.7 Å². The lowest BCUT2D eigenvalue weighted by Gasteiger charge is -2.15. The third-order valence-corrected chi connectivity index (χ3v) is 3.60. The lowest BCUT2D eigenvalue weighted by molar-refractivity contribution is 0.251. The molecule has 3 N–H and O–H groups in total. The van der Waals surface area contributed by atoms with Crippen LogP contribution < -0.4 is 16.0 Å². The van der Waals surface area contributed by atoms with Gasteiger partial charge < -0.3 is 10.6 Å². The summed E-state index contributed by atoms with van der Waals surface area (Å²) in [6.07, 6.45) is 3.87. The highest BCUT2D eigenvalue weighted by atomic mass is 16.2. The zero-order valence-corrected chi connectivity index (χ0v) is 12.5. The van der Waals surface area contributed by atoms with Crippen LogP contribution in [-0.2, 0) is 0 Å². The highest BCUT2D eigenvalue weighted by Gasteiger charge is 2.23. The number of hydrogen-bond donors (Lipinski definition) is 3. The average molecular weight is 296 g/mol. The van der Waals surface area contributed by atoms with Gasteiger partial charge in [0.05, 0.1) is 11.9 Å². The number of rotatable bonds is 5. The van der Waals surface area contributed by atoms with E-state index in [1.165, 1.54) is 5.56 Å². The van der Waals surface area contributed by atoms with E-state index < -0.39 is 0 Å². The first-order valence-corrected chi connectivity index (χ1v) is 7.56. The smallest absolute Gasteiger partial charge is 0.320 e. The maximum absolute atomic E-state index is 11.6. The van der Waals surface area contributed by atoms with Crippen LogP contribution in [0, 0.1) is 0 Å². The number of urea groups is 1. The Morgan fingerprint density at radius 1 is 1.18 bits per heavy atom. The van der Waals surface area contributed by atoms with E-state index in [9.17, 15) is 4.79 Å². The van der Waals surface area contributed by atoms with Crippen LogP contribution in [0.3, 0.4) is 0 Å². The molecule has 0 saturated heterocycles. The minimum absolute atomic E-state index is 0.187. The number of nitrogens with zero attached hydrogens (tertiary/aromatic N) is 1. The fraction of sp³-hybridized carbons (Fsp3) is 0.294. The lowest BCUT2D eigenvalue weighted by atomic mass is 10.1. The molecule has 3 rings (SSSR count). The monoisotopic (exact) mass is 296 g/mol. The highest BCUT2D eigenvalue weighted by molar-refractivity contribution is 5.88. The summed E-state index contributed by atoms with van der Waals surface area (Å²) < 4.78 is 0. The zero-order chi connectivity index (χ0) is 15.4. The molecule has 1 saturated carbocycles. The van der Waals surface area contributed by atoms with Crippen LogP contribution in [0.1, 0.15) is 31.4 Å². The van der Waals surface area contributed by atoms with E-state index in [1.807, 2.05) is 24.3 Å². The summed E-state index contributed by atoms with van der Waals surface area (Å²) in [5.41, 5.74) is 2.14. The predicted molar refractivity (Wildman–Crippen MR) is 87.9 cm³/mol. The van der Waals surface area contributed by atoms with Crippen LogP contribution in [-0.4, -0.2) is 17.1 Å². The first kappa shape index (κ1) is 14.4. The summed E-state index contributed by atoms with van der Waals surface area (Å²) >= 11 is 0. The topological polar surface area (TPSA) is 66.0 Å². The van der Waals surface area contributed by atoms with Crippen LogP contribution in [0.4, 0.5) is 16.3 Å². The molecule has 1 unspecified atom stereocenters. The maximum atomic E-state index is 11.6. The Labute approximate surface area is 130 Å². The standard InChI is InChI=1S/C17H20N4O/c1-12(13-5-3-2-4-6-13)19-15-9-10-16(18-11-15)21-17(22)20-14-7-8-14/h2-6,9-12,14,19H,7-8H2,1H3,(H2,18,20,21,22). The Bertz CT molecular complexity index is 623. The summed E-state index contributed by atoms with van der Waals surface area (Å²) in [5.74, 6) is 0.552. The SMILES string of the molecule is CC(Nc1ccc(NC(=O)NC2CC2)nc1)c1ccccc1. The third kappa shape index (κ3) is 3.97. The van der Waals surface area contributed by atoms with Crippen molar-refractivity contribution in [3.63, 3.8) is 0 Å². The first-order chi connectivity index (χ1) is 10.7. The predicted octanol–water partition coefficient (Wildman–Crippen LogP) is 3.54. The molecule has 1 aliphatic rings. The molecule has 5 nitrogen and oxygen atoms in total. The largest absolute Gasteiger partial charge is 0.377 e. The fourth-order valence-corrected chi connectivity index (χ4v) is 2.19. The number of carbonyl (C=O) groups is 1. The van der Waals surface area contributed by atoms with Crippen molar-refractivity contribution >= 4 is 17.5 Å². The summed E-state index contributed by atoms with van der Waals surface area (Å²) in [6.45, 7) is 2.10. The molecule has 2 amide bonds. The Morgan fingerprint density at radius 3 is 2.59 bits per heavy atom. The van der Waals surface area contributed by atoms with Gasteiger partial charge in [-0.2, -0.15) is 0 Å². The Kier molecular flexibility index (Phi) is 4.23. The Balaban J connectivity index is 1.55. The van der Waals surface area contributed by atoms with Crippen LogP contribution in [0.5, 0.6) is 0 Å². The number of carbonyl (C=O) groups excluding carboxylic acids is 1. The van der Waals surface area contributed by atoms with Gasteiger partial charge in [-0.05, 0) is 37.5 Å². The average Bonchev–Trinajstić information content (AvgIpc) is 3.34. The molecule has 0 bridgehead atoms. The number of hydrogen-bond acceptors (Lipinski definition) is 3. The van der Waals surface area contributed by atoms with E-state index >= 15 is 0 Å². The van der Waals surface area contributed by atoms with Crippen molar-refractivity contribution in [2.75, 3.05) is 10.6 Å². The van der Waals surface area contributed by atoms with Gasteiger partial charge in [-0.15, -0.1) is 0 Å². The molecule has 1 atom stereocenters. The fourth-order valence-electron chi connectivity index (χ4n) is 2.19. The molecule has 0 spiro atoms. The van der Waals surface area contributed by atoms with Gasteiger partial charge in [0.2, 0.25) is 0 Å². The molecule has 1 aromatic carbocycles. The van der Waals surface area contributed by atoms with E-state index in [0.29, 0.717) is 11.9 Å². The van der Waals surface area contributed by atoms with Crippen LogP contribution in [0.2, 0.25) is 0 Å². The van der Waals surface area contributed by atoms with Gasteiger partial charge in [-0.25, -0.2) is 9.78 Å². The number of amides is 2. The van der Waals surface area contributed by atoms with E-state index in [2.05, 4.69) is 40.0 Å². The number of aromatic nitrogens is 1. The summed E-state index contributed by atoms with van der Waals surface area (Å²) in [7, 11) is 0. The second-order valence-corrected chi connectivity index (χ2v) is 5.58. The molecule has 2 aromatic rings. The van der Waals surface area contributed by atoms with Gasteiger partial charge >= 0.3 is 6.03 Å². The molecule has 1 aromatic heterocycles. The van der Waals surface area contributed by atoms with E-state index in [4.69, 9.17) is 0 Å². The quantitative estimate of drug-likeness (QED) is 0.790. The summed E-state index contributed by atoms with van der Waals surface area (Å²) in [5, 5.41) is 8.99. The molecule has 1 heterocycles. The molecular formula is C17H20N4O. The van der Waals surface area contributed by atoms with E-state index in [0.717, 1.165) is 18.5 Å². The Morgan fingerprint density at radius 2 is 1.95 bits per heavy atom. The maximum Gasteiger partial charge on any atom is 0.320 e. The number of anilines is 2. The molecule has 5 heteroatoms. The van der Waals surface area contributed by atoms with Gasteiger partial charge in [0.25, 0.3) is 0 Å². The first-order valence-electron chi connectivity index (χ1n) is 7.56. The second kappa shape index (κ2) is 6.47. The molecule has 1 fully saturated rings. The van der Waals surface area contributed by atoms with Gasteiger partial charge in [0, 0.05) is 12.1 Å². The van der Waals surface area contributed by atoms with Crippen molar-refractivity contribution in [1.82, 2.24) is 10.3 Å². The molecule has 0 radical (unpaired) electrons. The van der Waals surface area contributed by atoms with Crippen molar-refractivity contribution in [2.45, 2.75) is 31.8 Å². The van der Waals surface area contributed by atoms with Crippen molar-refractivity contribution in [3.05, 3.63) is 54.2 Å². The van der Waals surface area contributed by atoms with Gasteiger partial charge in [0.1, 0.15) is 5.82 Å². The molecule has 1 aliphatic carbocycles. The second-order valence-electron chi connectivity index (χ2n) is 5.58. The number of benzene rings is 1. The number of pyridine rings is 1. The Hall–Kier alpha value is -2.56. The molecule has 0 aliphatic heterocycles. The minimum atomic E-state index is -0.187. The van der Waals surface area contributed by atoms with Gasteiger partial charge in [-0.3, -0.25) is 5.32 Å². The minimum Gasteiger partial charge on any atom is -0.377 e. The molecule has 22 heavy (non-hydrogen) atoms. The van der Waals surface area contributed by atoms with Crippen molar-refractivity contribution in [1.29, 1.82) is 0 Å². The van der Waals surface area contributed by atoms with Crippen molar-refractivity contribution < 1.29 is 4.79 Å². The highest BCUT2D eigenvalue weighted by Crippen LogP contribution is 2.20. The molecule has 114 valence electrons. The van der Waals surface area contributed by atoms with E-state index in [-0.39, 0.29) is 12.1 Å². The van der Waals surface area contributed by atoms with Crippen molar-refractivity contribution in [2.24, 2.45) is 0 Å². The zero-order valence-electron chi connectivity index (χ0n) is 12.5.